The zero-order valence-electron chi connectivity index (χ0n) is 20.6. The summed E-state index contributed by atoms with van der Waals surface area (Å²) in [5.74, 6) is -0.844. The Morgan fingerprint density at radius 3 is 2.39 bits per heavy atom. The van der Waals surface area contributed by atoms with Gasteiger partial charge in [-0.1, -0.05) is 6.07 Å². The van der Waals surface area contributed by atoms with Crippen molar-refractivity contribution in [3.63, 3.8) is 0 Å². The van der Waals surface area contributed by atoms with E-state index in [-0.39, 0.29) is 23.1 Å². The number of carboxylic acid groups (broad SMARTS) is 1. The molecule has 10 nitrogen and oxygen atoms in total. The second-order valence-electron chi connectivity index (χ2n) is 7.88. The third-order valence-corrected chi connectivity index (χ3v) is 5.61. The van der Waals surface area contributed by atoms with E-state index in [9.17, 15) is 14.4 Å². The van der Waals surface area contributed by atoms with Crippen LogP contribution in [0.2, 0.25) is 0 Å². The summed E-state index contributed by atoms with van der Waals surface area (Å²) in [4.78, 5) is 38.2. The summed E-state index contributed by atoms with van der Waals surface area (Å²) >= 11 is 5.26. The summed E-state index contributed by atoms with van der Waals surface area (Å²) < 4.78 is 22.1. The highest BCUT2D eigenvalue weighted by molar-refractivity contribution is 7.80. The molecule has 0 atom stereocenters. The average molecular weight is 537 g/mol. The minimum atomic E-state index is -1.17. The average Bonchev–Trinajstić information content (AvgIpc) is 3.37. The molecule has 2 amide bonds. The number of furan rings is 1. The van der Waals surface area contributed by atoms with E-state index in [1.165, 1.54) is 23.1 Å². The van der Waals surface area contributed by atoms with E-state index in [2.05, 4.69) is 5.32 Å². The van der Waals surface area contributed by atoms with Gasteiger partial charge in [0.25, 0.3) is 11.8 Å². The van der Waals surface area contributed by atoms with Crippen molar-refractivity contribution in [3.8, 4) is 17.2 Å². The first-order valence-electron chi connectivity index (χ1n) is 11.7. The number of anilines is 1. The fourth-order valence-corrected chi connectivity index (χ4v) is 3.92. The van der Waals surface area contributed by atoms with E-state index >= 15 is 0 Å². The molecule has 2 heterocycles. The topological polar surface area (TPSA) is 128 Å². The van der Waals surface area contributed by atoms with Crippen molar-refractivity contribution in [2.45, 2.75) is 20.5 Å². The Kier molecular flexibility index (Phi) is 8.07. The van der Waals surface area contributed by atoms with Crippen molar-refractivity contribution in [1.82, 2.24) is 5.32 Å². The molecule has 0 spiro atoms. The number of nitrogens with zero attached hydrogens (tertiary/aromatic N) is 1. The van der Waals surface area contributed by atoms with Gasteiger partial charge in [0.15, 0.2) is 16.6 Å². The largest absolute Gasteiger partial charge is 0.494 e. The van der Waals surface area contributed by atoms with Crippen molar-refractivity contribution in [2.24, 2.45) is 0 Å². The molecule has 11 heteroatoms. The molecule has 1 aliphatic rings. The van der Waals surface area contributed by atoms with Gasteiger partial charge in [0.1, 0.15) is 23.7 Å². The Bertz CT molecular complexity index is 1410. The summed E-state index contributed by atoms with van der Waals surface area (Å²) in [6, 6.07) is 14.6. The van der Waals surface area contributed by atoms with E-state index in [0.29, 0.717) is 47.5 Å². The molecular formula is C27H24N2O8S. The molecule has 0 aliphatic carbocycles. The monoisotopic (exact) mass is 536 g/mol. The first kappa shape index (κ1) is 26.4. The van der Waals surface area contributed by atoms with Crippen molar-refractivity contribution in [2.75, 3.05) is 18.1 Å². The molecule has 0 radical (unpaired) electrons. The van der Waals surface area contributed by atoms with Gasteiger partial charge in [0, 0.05) is 0 Å². The molecule has 4 rings (SSSR count). The summed E-state index contributed by atoms with van der Waals surface area (Å²) in [7, 11) is 0. The Morgan fingerprint density at radius 2 is 1.74 bits per heavy atom. The number of carbonyl (C=O) groups is 3. The van der Waals surface area contributed by atoms with Crippen LogP contribution in [-0.2, 0) is 16.2 Å². The number of thiocarbonyl (C=S) groups is 1. The third kappa shape index (κ3) is 5.84. The first-order chi connectivity index (χ1) is 18.3. The van der Waals surface area contributed by atoms with Gasteiger partial charge in [-0.05, 0) is 86.2 Å². The minimum absolute atomic E-state index is 0.0240. The number of rotatable bonds is 10. The number of hydrogen-bond acceptors (Lipinski definition) is 8. The lowest BCUT2D eigenvalue weighted by molar-refractivity contribution is -0.122. The van der Waals surface area contributed by atoms with Crippen molar-refractivity contribution >= 4 is 46.9 Å². The van der Waals surface area contributed by atoms with Gasteiger partial charge in [0.2, 0.25) is 5.76 Å². The van der Waals surface area contributed by atoms with Gasteiger partial charge >= 0.3 is 5.97 Å². The van der Waals surface area contributed by atoms with Gasteiger partial charge in [-0.2, -0.15) is 0 Å². The number of nitrogens with one attached hydrogen (secondary N) is 1. The Hall–Kier alpha value is -4.64. The Morgan fingerprint density at radius 1 is 1.00 bits per heavy atom. The molecule has 0 unspecified atom stereocenters. The number of amides is 2. The number of ether oxygens (including phenoxy) is 3. The SMILES string of the molecule is CCOc1ccc(N2C(=O)C(=Cc3ccc(OCc4ccc(C(=O)O)o4)c(OCC)c3)C(=O)NC2=S)cc1. The van der Waals surface area contributed by atoms with E-state index in [1.54, 1.807) is 49.4 Å². The lowest BCUT2D eigenvalue weighted by atomic mass is 10.1. The Balaban J connectivity index is 1.57. The molecule has 0 bridgehead atoms. The van der Waals surface area contributed by atoms with Crippen molar-refractivity contribution in [1.29, 1.82) is 0 Å². The lowest BCUT2D eigenvalue weighted by Crippen LogP contribution is -2.54. The highest BCUT2D eigenvalue weighted by Crippen LogP contribution is 2.31. The van der Waals surface area contributed by atoms with Crippen LogP contribution in [0.5, 0.6) is 17.2 Å². The Labute approximate surface area is 223 Å². The van der Waals surface area contributed by atoms with Gasteiger partial charge in [-0.25, -0.2) is 4.79 Å². The van der Waals surface area contributed by atoms with E-state index in [4.69, 9.17) is 36.0 Å². The van der Waals surface area contributed by atoms with Crippen molar-refractivity contribution in [3.05, 3.63) is 77.3 Å². The quantitative estimate of drug-likeness (QED) is 0.223. The van der Waals surface area contributed by atoms with Gasteiger partial charge in [-0.3, -0.25) is 19.8 Å². The molecule has 1 fully saturated rings. The number of aromatic carboxylic acids is 1. The maximum atomic E-state index is 13.3. The standard InChI is InChI=1S/C27H24N2O8S/c1-3-34-18-8-6-17(7-9-18)29-25(31)20(24(30)28-27(29)38)13-16-5-11-21(23(14-16)35-4-2)36-15-19-10-12-22(37-19)26(32)33/h5-14H,3-4,15H2,1-2H3,(H,32,33)(H,28,30,38). The number of carbonyl (C=O) groups excluding carboxylic acids is 2. The number of benzene rings is 2. The maximum absolute atomic E-state index is 13.3. The maximum Gasteiger partial charge on any atom is 0.371 e. The van der Waals surface area contributed by atoms with Crippen LogP contribution < -0.4 is 24.4 Å². The van der Waals surface area contributed by atoms with Crippen LogP contribution in [0.25, 0.3) is 6.08 Å². The van der Waals surface area contributed by atoms with Crippen LogP contribution in [0.3, 0.4) is 0 Å². The van der Waals surface area contributed by atoms with Crippen LogP contribution in [0.4, 0.5) is 5.69 Å². The number of carboxylic acids is 1. The van der Waals surface area contributed by atoms with E-state index in [1.807, 2.05) is 6.92 Å². The van der Waals surface area contributed by atoms with Crippen molar-refractivity contribution < 1.29 is 38.1 Å². The molecule has 2 aromatic carbocycles. The van der Waals surface area contributed by atoms with Gasteiger partial charge in [0.05, 0.1) is 18.9 Å². The summed E-state index contributed by atoms with van der Waals surface area (Å²) in [6.07, 6.45) is 1.44. The fraction of sp³-hybridized carbons (Fsp3) is 0.185. The van der Waals surface area contributed by atoms with Gasteiger partial charge in [-0.15, -0.1) is 0 Å². The van der Waals surface area contributed by atoms with Gasteiger partial charge < -0.3 is 23.7 Å². The lowest BCUT2D eigenvalue weighted by Gasteiger charge is -2.29. The highest BCUT2D eigenvalue weighted by Gasteiger charge is 2.34. The second-order valence-corrected chi connectivity index (χ2v) is 8.27. The van der Waals surface area contributed by atoms with Crippen LogP contribution in [0.1, 0.15) is 35.7 Å². The normalized spacial score (nSPS) is 14.4. The summed E-state index contributed by atoms with van der Waals surface area (Å²) in [6.45, 7) is 4.48. The smallest absolute Gasteiger partial charge is 0.371 e. The molecule has 2 N–H and O–H groups in total. The zero-order chi connectivity index (χ0) is 27.2. The van der Waals surface area contributed by atoms with E-state index < -0.39 is 17.8 Å². The van der Waals surface area contributed by atoms with Crippen LogP contribution >= 0.6 is 12.2 Å². The first-order valence-corrected chi connectivity index (χ1v) is 12.1. The summed E-state index contributed by atoms with van der Waals surface area (Å²) in [5.41, 5.74) is 0.891. The zero-order valence-corrected chi connectivity index (χ0v) is 21.4. The van der Waals surface area contributed by atoms with Crippen LogP contribution in [0, 0.1) is 0 Å². The molecule has 1 aliphatic heterocycles. The predicted octanol–water partition coefficient (Wildman–Crippen LogP) is 4.19. The molecule has 38 heavy (non-hydrogen) atoms. The molecule has 0 saturated carbocycles. The molecule has 3 aromatic rings. The number of hydrogen-bond donors (Lipinski definition) is 2. The van der Waals surface area contributed by atoms with E-state index in [0.717, 1.165) is 0 Å². The van der Waals surface area contributed by atoms with Crippen LogP contribution in [-0.4, -0.2) is 41.2 Å². The molecular weight excluding hydrogens is 512 g/mol. The molecule has 1 aromatic heterocycles. The molecule has 1 saturated heterocycles. The fourth-order valence-electron chi connectivity index (χ4n) is 3.64. The predicted molar refractivity (Wildman–Crippen MR) is 141 cm³/mol. The third-order valence-electron chi connectivity index (χ3n) is 5.33. The second kappa shape index (κ2) is 11.6. The molecule has 196 valence electrons. The minimum Gasteiger partial charge on any atom is -0.494 e. The highest BCUT2D eigenvalue weighted by atomic mass is 32.1. The van der Waals surface area contributed by atoms with Crippen LogP contribution in [0.15, 0.2) is 64.6 Å². The summed E-state index contributed by atoms with van der Waals surface area (Å²) in [5, 5.41) is 11.5.